The van der Waals surface area contributed by atoms with Crippen molar-refractivity contribution in [2.75, 3.05) is 5.32 Å². The van der Waals surface area contributed by atoms with Crippen molar-refractivity contribution in [1.82, 2.24) is 34.7 Å². The van der Waals surface area contributed by atoms with E-state index in [9.17, 15) is 9.90 Å². The molecular formula is C25H28N8O3. The Balaban J connectivity index is 1.28. The van der Waals surface area contributed by atoms with Crippen molar-refractivity contribution in [2.45, 2.75) is 45.3 Å². The molecule has 1 fully saturated rings. The van der Waals surface area contributed by atoms with E-state index in [0.29, 0.717) is 42.5 Å². The van der Waals surface area contributed by atoms with Crippen LogP contribution in [0.15, 0.2) is 48.8 Å². The zero-order valence-corrected chi connectivity index (χ0v) is 20.2. The summed E-state index contributed by atoms with van der Waals surface area (Å²) in [4.78, 5) is 20.4. The van der Waals surface area contributed by atoms with Crippen LogP contribution >= 0.6 is 0 Å². The molecule has 2 atom stereocenters. The Morgan fingerprint density at radius 1 is 1.19 bits per heavy atom. The van der Waals surface area contributed by atoms with Crippen LogP contribution in [0.2, 0.25) is 0 Å². The summed E-state index contributed by atoms with van der Waals surface area (Å²) in [5.74, 6) is 0.0545. The van der Waals surface area contributed by atoms with Gasteiger partial charge in [0.2, 0.25) is 5.95 Å². The van der Waals surface area contributed by atoms with E-state index < -0.39 is 5.97 Å². The zero-order chi connectivity index (χ0) is 25.1. The Morgan fingerprint density at radius 3 is 2.81 bits per heavy atom. The summed E-state index contributed by atoms with van der Waals surface area (Å²) in [7, 11) is 1.83. The molecule has 1 aliphatic rings. The van der Waals surface area contributed by atoms with E-state index in [2.05, 4.69) is 25.7 Å². The molecule has 186 valence electrons. The molecule has 0 radical (unpaired) electrons. The fraction of sp³-hybridized carbons (Fsp3) is 0.360. The SMILES string of the molecule is Cc1nc(-c2nnn(C)c2CNc2ncn(-c3ccccc3)n2)ccc1O[C@H]1CCC[C@H](C(=O)O)C1. The molecule has 3 aromatic heterocycles. The molecule has 5 rings (SSSR count). The molecule has 1 saturated carbocycles. The number of aliphatic carboxylic acids is 1. The minimum absolute atomic E-state index is 0.120. The highest BCUT2D eigenvalue weighted by molar-refractivity contribution is 5.70. The third kappa shape index (κ3) is 5.04. The highest BCUT2D eigenvalue weighted by Crippen LogP contribution is 2.30. The van der Waals surface area contributed by atoms with Crippen LogP contribution in [0.25, 0.3) is 17.1 Å². The lowest BCUT2D eigenvalue weighted by molar-refractivity contribution is -0.143. The number of aryl methyl sites for hydroxylation is 2. The molecule has 1 aliphatic carbocycles. The van der Waals surface area contributed by atoms with Gasteiger partial charge in [-0.3, -0.25) is 4.79 Å². The lowest BCUT2D eigenvalue weighted by Gasteiger charge is -2.27. The van der Waals surface area contributed by atoms with Crippen molar-refractivity contribution in [3.63, 3.8) is 0 Å². The third-order valence-electron chi connectivity index (χ3n) is 6.42. The molecule has 11 nitrogen and oxygen atoms in total. The van der Waals surface area contributed by atoms with Crippen LogP contribution in [0, 0.1) is 12.8 Å². The van der Waals surface area contributed by atoms with Gasteiger partial charge in [0.1, 0.15) is 17.8 Å². The van der Waals surface area contributed by atoms with Gasteiger partial charge in [-0.05, 0) is 56.9 Å². The zero-order valence-electron chi connectivity index (χ0n) is 20.2. The van der Waals surface area contributed by atoms with Gasteiger partial charge < -0.3 is 15.2 Å². The Morgan fingerprint density at radius 2 is 2.03 bits per heavy atom. The van der Waals surface area contributed by atoms with Gasteiger partial charge in [0.25, 0.3) is 0 Å². The van der Waals surface area contributed by atoms with Crippen LogP contribution in [0.4, 0.5) is 5.95 Å². The predicted molar refractivity (Wildman–Crippen MR) is 132 cm³/mol. The minimum Gasteiger partial charge on any atom is -0.489 e. The lowest BCUT2D eigenvalue weighted by Crippen LogP contribution is -2.29. The fourth-order valence-electron chi connectivity index (χ4n) is 4.45. The van der Waals surface area contributed by atoms with Crippen LogP contribution in [0.5, 0.6) is 5.75 Å². The van der Waals surface area contributed by atoms with E-state index in [-0.39, 0.29) is 12.0 Å². The van der Waals surface area contributed by atoms with Crippen LogP contribution in [-0.4, -0.2) is 51.9 Å². The van der Waals surface area contributed by atoms with Crippen molar-refractivity contribution >= 4 is 11.9 Å². The summed E-state index contributed by atoms with van der Waals surface area (Å²) in [5.41, 5.74) is 3.82. The Hall–Kier alpha value is -4.28. The van der Waals surface area contributed by atoms with Gasteiger partial charge in [0, 0.05) is 7.05 Å². The van der Waals surface area contributed by atoms with Crippen molar-refractivity contribution in [2.24, 2.45) is 13.0 Å². The molecule has 0 amide bonds. The smallest absolute Gasteiger partial charge is 0.306 e. The quantitative estimate of drug-likeness (QED) is 0.383. The number of benzene rings is 1. The summed E-state index contributed by atoms with van der Waals surface area (Å²) >= 11 is 0. The van der Waals surface area contributed by atoms with E-state index in [1.54, 1.807) is 15.7 Å². The van der Waals surface area contributed by atoms with Crippen LogP contribution in [0.3, 0.4) is 0 Å². The molecule has 3 heterocycles. The Kier molecular flexibility index (Phi) is 6.61. The molecule has 4 aromatic rings. The number of rotatable bonds is 8. The average Bonchev–Trinajstić information content (AvgIpc) is 3.51. The number of nitrogens with one attached hydrogen (secondary N) is 1. The van der Waals surface area contributed by atoms with Crippen molar-refractivity contribution in [3.8, 4) is 22.8 Å². The van der Waals surface area contributed by atoms with E-state index in [4.69, 9.17) is 9.72 Å². The highest BCUT2D eigenvalue weighted by atomic mass is 16.5. The van der Waals surface area contributed by atoms with Crippen molar-refractivity contribution < 1.29 is 14.6 Å². The summed E-state index contributed by atoms with van der Waals surface area (Å²) in [6.45, 7) is 2.29. The molecule has 0 bridgehead atoms. The van der Waals surface area contributed by atoms with Gasteiger partial charge in [0.15, 0.2) is 0 Å². The number of hydrogen-bond acceptors (Lipinski definition) is 8. The molecule has 1 aromatic carbocycles. The monoisotopic (exact) mass is 488 g/mol. The number of carboxylic acids is 1. The topological polar surface area (TPSA) is 133 Å². The highest BCUT2D eigenvalue weighted by Gasteiger charge is 2.28. The first kappa shape index (κ1) is 23.5. The summed E-state index contributed by atoms with van der Waals surface area (Å²) in [5, 5.41) is 25.6. The first-order chi connectivity index (χ1) is 17.5. The Bertz CT molecular complexity index is 1350. The number of ether oxygens (including phenoxy) is 1. The van der Waals surface area contributed by atoms with Crippen molar-refractivity contribution in [1.29, 1.82) is 0 Å². The van der Waals surface area contributed by atoms with E-state index in [1.165, 1.54) is 0 Å². The Labute approximate surface area is 208 Å². The average molecular weight is 489 g/mol. The van der Waals surface area contributed by atoms with Gasteiger partial charge >= 0.3 is 5.97 Å². The molecular weight excluding hydrogens is 460 g/mol. The first-order valence-electron chi connectivity index (χ1n) is 11.9. The van der Waals surface area contributed by atoms with Gasteiger partial charge in [-0.15, -0.1) is 10.2 Å². The predicted octanol–water partition coefficient (Wildman–Crippen LogP) is 3.40. The second kappa shape index (κ2) is 10.1. The second-order valence-corrected chi connectivity index (χ2v) is 8.93. The molecule has 0 saturated heterocycles. The summed E-state index contributed by atoms with van der Waals surface area (Å²) in [6, 6.07) is 13.5. The van der Waals surface area contributed by atoms with Crippen LogP contribution < -0.4 is 10.1 Å². The van der Waals surface area contributed by atoms with E-state index >= 15 is 0 Å². The second-order valence-electron chi connectivity index (χ2n) is 8.93. The van der Waals surface area contributed by atoms with Crippen LogP contribution in [0.1, 0.15) is 37.1 Å². The number of para-hydroxylation sites is 1. The number of hydrogen-bond donors (Lipinski definition) is 2. The van der Waals surface area contributed by atoms with E-state index in [0.717, 1.165) is 29.9 Å². The number of nitrogens with zero attached hydrogens (tertiary/aromatic N) is 7. The molecule has 2 N–H and O–H groups in total. The number of carboxylic acid groups (broad SMARTS) is 1. The third-order valence-corrected chi connectivity index (χ3v) is 6.42. The van der Waals surface area contributed by atoms with Gasteiger partial charge in [-0.2, -0.15) is 0 Å². The van der Waals surface area contributed by atoms with Crippen molar-refractivity contribution in [3.05, 3.63) is 60.2 Å². The first-order valence-corrected chi connectivity index (χ1v) is 11.9. The molecule has 0 unspecified atom stereocenters. The maximum Gasteiger partial charge on any atom is 0.306 e. The number of anilines is 1. The number of aromatic nitrogens is 7. The maximum absolute atomic E-state index is 11.4. The minimum atomic E-state index is -0.751. The standard InChI is InChI=1S/C25H28N8O3/c1-16-22(36-19-10-6-7-17(13-19)24(34)35)12-11-20(28-16)23-21(32(2)31-29-23)14-26-25-27-15-33(30-25)18-8-4-3-5-9-18/h3-5,8-9,11-12,15,17,19H,6-7,10,13-14H2,1-2H3,(H,26,30)(H,34,35)/t17-,19-/m0/s1. The molecule has 36 heavy (non-hydrogen) atoms. The van der Waals surface area contributed by atoms with Gasteiger partial charge in [-0.25, -0.2) is 19.3 Å². The van der Waals surface area contributed by atoms with Gasteiger partial charge in [-0.1, -0.05) is 23.4 Å². The lowest BCUT2D eigenvalue weighted by atomic mass is 9.87. The fourth-order valence-corrected chi connectivity index (χ4v) is 4.45. The van der Waals surface area contributed by atoms with E-state index in [1.807, 2.05) is 56.4 Å². The molecule has 11 heteroatoms. The molecule has 0 aliphatic heterocycles. The summed E-state index contributed by atoms with van der Waals surface area (Å²) < 4.78 is 9.55. The number of pyridine rings is 1. The summed E-state index contributed by atoms with van der Waals surface area (Å²) in [6.07, 6.45) is 4.46. The van der Waals surface area contributed by atoms with Gasteiger partial charge in [0.05, 0.1) is 41.3 Å². The van der Waals surface area contributed by atoms with Crippen LogP contribution in [-0.2, 0) is 18.4 Å². The largest absolute Gasteiger partial charge is 0.489 e. The number of carbonyl (C=O) groups is 1. The normalized spacial score (nSPS) is 17.6. The maximum atomic E-state index is 11.4. The molecule has 0 spiro atoms.